The fraction of sp³-hybridized carbons (Fsp3) is 0.429. The van der Waals surface area contributed by atoms with E-state index in [1.165, 1.54) is 7.11 Å². The Hall–Kier alpha value is -1.68. The molecule has 1 aromatic rings. The maximum absolute atomic E-state index is 12.4. The molecule has 0 aromatic heterocycles. The molecule has 0 heterocycles. The number of hydrogen-bond donors (Lipinski definition) is 1. The molecule has 0 bridgehead atoms. The van der Waals surface area contributed by atoms with E-state index in [2.05, 4.69) is 4.74 Å². The Morgan fingerprint density at radius 3 is 2.78 bits per heavy atom. The van der Waals surface area contributed by atoms with Gasteiger partial charge in [0.1, 0.15) is 0 Å². The molecule has 0 aliphatic heterocycles. The Labute approximate surface area is 106 Å². The number of ketones is 1. The van der Waals surface area contributed by atoms with Crippen molar-refractivity contribution in [3.8, 4) is 0 Å². The van der Waals surface area contributed by atoms with Crippen LogP contribution < -0.4 is 0 Å². The fourth-order valence-electron chi connectivity index (χ4n) is 2.36. The molecule has 18 heavy (non-hydrogen) atoms. The molecule has 0 fully saturated rings. The van der Waals surface area contributed by atoms with E-state index < -0.39 is 17.4 Å². The molecule has 0 amide bonds. The molecule has 1 aromatic carbocycles. The van der Waals surface area contributed by atoms with Crippen LogP contribution >= 0.6 is 0 Å². The average molecular weight is 248 g/mol. The summed E-state index contributed by atoms with van der Waals surface area (Å²) in [5, 5.41) is 10.3. The molecule has 1 unspecified atom stereocenters. The van der Waals surface area contributed by atoms with Gasteiger partial charge in [-0.1, -0.05) is 24.3 Å². The van der Waals surface area contributed by atoms with Gasteiger partial charge in [0.05, 0.1) is 7.11 Å². The number of carbonyl (C=O) groups is 2. The molecule has 0 saturated carbocycles. The summed E-state index contributed by atoms with van der Waals surface area (Å²) in [5.41, 5.74) is -0.736. The smallest absolute Gasteiger partial charge is 0.346 e. The Bertz CT molecular complexity index is 480. The number of Topliss-reactive ketones (excluding diaryl/α,β-unsaturated/α-hetero) is 1. The van der Waals surface area contributed by atoms with Gasteiger partial charge in [0, 0.05) is 5.56 Å². The summed E-state index contributed by atoms with van der Waals surface area (Å²) in [6, 6.07) is 7.09. The van der Waals surface area contributed by atoms with Gasteiger partial charge in [0.2, 0.25) is 11.4 Å². The van der Waals surface area contributed by atoms with Crippen molar-refractivity contribution in [1.29, 1.82) is 0 Å². The van der Waals surface area contributed by atoms with Crippen LogP contribution in [-0.2, 0) is 16.0 Å². The van der Waals surface area contributed by atoms with Gasteiger partial charge in [-0.2, -0.15) is 0 Å². The van der Waals surface area contributed by atoms with Crippen LogP contribution in [0.1, 0.15) is 35.2 Å². The van der Waals surface area contributed by atoms with Crippen LogP contribution in [0.3, 0.4) is 0 Å². The number of aliphatic hydroxyl groups is 1. The molecule has 0 spiro atoms. The number of benzene rings is 1. The second kappa shape index (κ2) is 4.90. The van der Waals surface area contributed by atoms with Crippen molar-refractivity contribution in [3.63, 3.8) is 0 Å². The predicted molar refractivity (Wildman–Crippen MR) is 65.3 cm³/mol. The summed E-state index contributed by atoms with van der Waals surface area (Å²) < 4.78 is 4.56. The van der Waals surface area contributed by atoms with Crippen LogP contribution in [0.4, 0.5) is 0 Å². The second-order valence-corrected chi connectivity index (χ2v) is 4.55. The Morgan fingerprint density at radius 1 is 1.33 bits per heavy atom. The van der Waals surface area contributed by atoms with Gasteiger partial charge in [-0.15, -0.1) is 0 Å². The third-order valence-corrected chi connectivity index (χ3v) is 3.40. The quantitative estimate of drug-likeness (QED) is 0.604. The number of carbonyl (C=O) groups excluding carboxylic acids is 2. The highest BCUT2D eigenvalue weighted by Crippen LogP contribution is 2.27. The standard InChI is InChI=1S/C14H16O4/c1-18-13(16)14(17)9-5-4-7-10-6-2-3-8-11(10)12(14)15/h2-3,6,8,17H,4-5,7,9H2,1H3. The highest BCUT2D eigenvalue weighted by molar-refractivity contribution is 6.15. The number of hydrogen-bond acceptors (Lipinski definition) is 4. The van der Waals surface area contributed by atoms with E-state index in [0.717, 1.165) is 18.4 Å². The van der Waals surface area contributed by atoms with Gasteiger partial charge < -0.3 is 9.84 Å². The van der Waals surface area contributed by atoms with Gasteiger partial charge in [0.15, 0.2) is 0 Å². The number of methoxy groups -OCH3 is 1. The second-order valence-electron chi connectivity index (χ2n) is 4.55. The van der Waals surface area contributed by atoms with E-state index in [9.17, 15) is 14.7 Å². The van der Waals surface area contributed by atoms with E-state index >= 15 is 0 Å². The lowest BCUT2D eigenvalue weighted by Gasteiger charge is -2.26. The zero-order chi connectivity index (χ0) is 13.2. The molecular formula is C14H16O4. The number of ether oxygens (including phenoxy) is 1. The molecule has 2 rings (SSSR count). The molecule has 0 saturated heterocycles. The summed E-state index contributed by atoms with van der Waals surface area (Å²) in [5.74, 6) is -1.42. The third kappa shape index (κ3) is 2.04. The van der Waals surface area contributed by atoms with Crippen LogP contribution in [0, 0.1) is 0 Å². The maximum atomic E-state index is 12.4. The zero-order valence-electron chi connectivity index (χ0n) is 10.3. The van der Waals surface area contributed by atoms with Gasteiger partial charge in [-0.25, -0.2) is 4.79 Å². The molecule has 1 aliphatic carbocycles. The summed E-state index contributed by atoms with van der Waals surface area (Å²) >= 11 is 0. The fourth-order valence-corrected chi connectivity index (χ4v) is 2.36. The summed E-state index contributed by atoms with van der Waals surface area (Å²) in [6.07, 6.45) is 2.36. The highest BCUT2D eigenvalue weighted by Gasteiger charge is 2.46. The number of rotatable bonds is 1. The predicted octanol–water partition coefficient (Wildman–Crippen LogP) is 1.50. The van der Waals surface area contributed by atoms with Crippen LogP contribution in [0.25, 0.3) is 0 Å². The Balaban J connectivity index is 2.48. The van der Waals surface area contributed by atoms with Gasteiger partial charge in [0.25, 0.3) is 0 Å². The summed E-state index contributed by atoms with van der Waals surface area (Å²) in [7, 11) is 1.18. The minimum Gasteiger partial charge on any atom is -0.467 e. The molecule has 1 N–H and O–H groups in total. The monoisotopic (exact) mass is 248 g/mol. The number of aryl methyl sites for hydroxylation is 1. The lowest BCUT2D eigenvalue weighted by atomic mass is 9.82. The van der Waals surface area contributed by atoms with Crippen molar-refractivity contribution in [3.05, 3.63) is 35.4 Å². The van der Waals surface area contributed by atoms with E-state index in [1.54, 1.807) is 12.1 Å². The largest absolute Gasteiger partial charge is 0.467 e. The topological polar surface area (TPSA) is 63.6 Å². The first kappa shape index (κ1) is 12.8. The SMILES string of the molecule is COC(=O)C1(O)CCCCc2ccccc2C1=O. The van der Waals surface area contributed by atoms with Crippen molar-refractivity contribution in [2.75, 3.05) is 7.11 Å². The van der Waals surface area contributed by atoms with E-state index in [-0.39, 0.29) is 6.42 Å². The average Bonchev–Trinajstić information content (AvgIpc) is 2.40. The number of fused-ring (bicyclic) bond motifs is 1. The Morgan fingerprint density at radius 2 is 2.06 bits per heavy atom. The van der Waals surface area contributed by atoms with Gasteiger partial charge in [-0.05, 0) is 31.2 Å². The van der Waals surface area contributed by atoms with E-state index in [4.69, 9.17) is 0 Å². The third-order valence-electron chi connectivity index (χ3n) is 3.40. The molecule has 1 atom stereocenters. The maximum Gasteiger partial charge on any atom is 0.346 e. The minimum atomic E-state index is -2.04. The molecule has 4 heteroatoms. The molecule has 4 nitrogen and oxygen atoms in total. The van der Waals surface area contributed by atoms with Crippen molar-refractivity contribution in [1.82, 2.24) is 0 Å². The van der Waals surface area contributed by atoms with Gasteiger partial charge in [-0.3, -0.25) is 4.79 Å². The van der Waals surface area contributed by atoms with Crippen LogP contribution in [0.2, 0.25) is 0 Å². The first-order valence-electron chi connectivity index (χ1n) is 6.03. The van der Waals surface area contributed by atoms with Crippen molar-refractivity contribution in [2.24, 2.45) is 0 Å². The van der Waals surface area contributed by atoms with Crippen molar-refractivity contribution in [2.45, 2.75) is 31.3 Å². The highest BCUT2D eigenvalue weighted by atomic mass is 16.5. The van der Waals surface area contributed by atoms with E-state index in [1.807, 2.05) is 12.1 Å². The summed E-state index contributed by atoms with van der Waals surface area (Å²) in [6.45, 7) is 0. The number of esters is 1. The van der Waals surface area contributed by atoms with Gasteiger partial charge >= 0.3 is 5.97 Å². The van der Waals surface area contributed by atoms with E-state index in [0.29, 0.717) is 12.0 Å². The lowest BCUT2D eigenvalue weighted by molar-refractivity contribution is -0.157. The normalized spacial score (nSPS) is 23.8. The molecule has 0 radical (unpaired) electrons. The minimum absolute atomic E-state index is 0.118. The molecular weight excluding hydrogens is 232 g/mol. The van der Waals surface area contributed by atoms with Crippen molar-refractivity contribution >= 4 is 11.8 Å². The van der Waals surface area contributed by atoms with Crippen LogP contribution in [-0.4, -0.2) is 29.6 Å². The lowest BCUT2D eigenvalue weighted by Crippen LogP contribution is -2.48. The summed E-state index contributed by atoms with van der Waals surface area (Å²) in [4.78, 5) is 24.0. The first-order chi connectivity index (χ1) is 8.59. The Kier molecular flexibility index (Phi) is 3.48. The molecule has 96 valence electrons. The van der Waals surface area contributed by atoms with Crippen molar-refractivity contribution < 1.29 is 19.4 Å². The van der Waals surface area contributed by atoms with Crippen LogP contribution in [0.15, 0.2) is 24.3 Å². The first-order valence-corrected chi connectivity index (χ1v) is 6.03. The molecule has 1 aliphatic rings. The van der Waals surface area contributed by atoms with Crippen LogP contribution in [0.5, 0.6) is 0 Å². The zero-order valence-corrected chi connectivity index (χ0v) is 10.3.